The number of aliphatic carboxylic acids is 1. The first-order chi connectivity index (χ1) is 7.61. The number of primary amides is 1. The van der Waals surface area contributed by atoms with Crippen molar-refractivity contribution in [1.82, 2.24) is 5.32 Å². The van der Waals surface area contributed by atoms with Crippen LogP contribution < -0.4 is 11.1 Å². The third-order valence-electron chi connectivity index (χ3n) is 1.67. The standard InChI is InChI=1S/C8H11F3N2O4/c9-8(10,11)2-1-6(15)13-4(7(16)17)3-5(12)14/h4H,1-3H2,(H2,12,14)(H,13,15)(H,16,17)/t4-/m0/s1. The van der Waals surface area contributed by atoms with E-state index < -0.39 is 49.3 Å². The van der Waals surface area contributed by atoms with Gasteiger partial charge < -0.3 is 16.2 Å². The van der Waals surface area contributed by atoms with Crippen LogP contribution in [0.25, 0.3) is 0 Å². The van der Waals surface area contributed by atoms with Gasteiger partial charge in [-0.05, 0) is 0 Å². The Kier molecular flexibility index (Phi) is 5.42. The average Bonchev–Trinajstić information content (AvgIpc) is 2.11. The Morgan fingerprint density at radius 1 is 1.29 bits per heavy atom. The van der Waals surface area contributed by atoms with Gasteiger partial charge in [0.25, 0.3) is 0 Å². The summed E-state index contributed by atoms with van der Waals surface area (Å²) in [6, 6.07) is -1.60. The molecule has 0 saturated heterocycles. The lowest BCUT2D eigenvalue weighted by atomic mass is 10.2. The molecule has 2 amide bonds. The normalized spacial score (nSPS) is 12.9. The molecule has 4 N–H and O–H groups in total. The number of halogens is 3. The number of rotatable bonds is 6. The zero-order valence-corrected chi connectivity index (χ0v) is 8.58. The summed E-state index contributed by atoms with van der Waals surface area (Å²) in [5.74, 6) is -3.62. The summed E-state index contributed by atoms with van der Waals surface area (Å²) in [6.45, 7) is 0. The van der Waals surface area contributed by atoms with Crippen LogP contribution in [0.3, 0.4) is 0 Å². The lowest BCUT2D eigenvalue weighted by molar-refractivity contribution is -0.147. The highest BCUT2D eigenvalue weighted by Crippen LogP contribution is 2.21. The second-order valence-electron chi connectivity index (χ2n) is 3.24. The molecule has 9 heteroatoms. The van der Waals surface area contributed by atoms with E-state index in [2.05, 4.69) is 0 Å². The van der Waals surface area contributed by atoms with Crippen LogP contribution in [-0.4, -0.2) is 35.1 Å². The van der Waals surface area contributed by atoms with E-state index in [1.165, 1.54) is 0 Å². The molecular weight excluding hydrogens is 245 g/mol. The summed E-state index contributed by atoms with van der Waals surface area (Å²) in [4.78, 5) is 31.9. The zero-order valence-electron chi connectivity index (χ0n) is 8.58. The maximum absolute atomic E-state index is 11.8. The van der Waals surface area contributed by atoms with Crippen molar-refractivity contribution in [3.63, 3.8) is 0 Å². The second-order valence-corrected chi connectivity index (χ2v) is 3.24. The van der Waals surface area contributed by atoms with Gasteiger partial charge in [0.1, 0.15) is 6.04 Å². The predicted molar refractivity (Wildman–Crippen MR) is 48.7 cm³/mol. The molecule has 17 heavy (non-hydrogen) atoms. The number of amides is 2. The van der Waals surface area contributed by atoms with Crippen molar-refractivity contribution in [2.24, 2.45) is 5.73 Å². The van der Waals surface area contributed by atoms with Gasteiger partial charge in [-0.1, -0.05) is 0 Å². The molecule has 98 valence electrons. The number of carbonyl (C=O) groups excluding carboxylic acids is 2. The van der Waals surface area contributed by atoms with E-state index in [4.69, 9.17) is 10.8 Å². The van der Waals surface area contributed by atoms with E-state index >= 15 is 0 Å². The third-order valence-corrected chi connectivity index (χ3v) is 1.67. The van der Waals surface area contributed by atoms with Crippen molar-refractivity contribution in [2.45, 2.75) is 31.5 Å². The Morgan fingerprint density at radius 3 is 2.18 bits per heavy atom. The van der Waals surface area contributed by atoms with Gasteiger partial charge in [-0.2, -0.15) is 13.2 Å². The topological polar surface area (TPSA) is 109 Å². The molecule has 0 aromatic rings. The number of carboxylic acid groups (broad SMARTS) is 1. The van der Waals surface area contributed by atoms with Gasteiger partial charge in [0.15, 0.2) is 0 Å². The second kappa shape index (κ2) is 6.06. The molecule has 0 aliphatic heterocycles. The number of carbonyl (C=O) groups is 3. The Labute approximate surface area is 94.0 Å². The first-order valence-corrected chi connectivity index (χ1v) is 4.49. The summed E-state index contributed by atoms with van der Waals surface area (Å²) in [7, 11) is 0. The number of carboxylic acids is 1. The van der Waals surface area contributed by atoms with Gasteiger partial charge in [-0.25, -0.2) is 4.79 Å². The van der Waals surface area contributed by atoms with Gasteiger partial charge in [0.2, 0.25) is 11.8 Å². The maximum Gasteiger partial charge on any atom is 0.389 e. The highest BCUT2D eigenvalue weighted by atomic mass is 19.4. The highest BCUT2D eigenvalue weighted by molar-refractivity contribution is 5.88. The van der Waals surface area contributed by atoms with Gasteiger partial charge >= 0.3 is 12.1 Å². The first-order valence-electron chi connectivity index (χ1n) is 4.49. The number of hydrogen-bond donors (Lipinski definition) is 3. The van der Waals surface area contributed by atoms with Crippen LogP contribution in [0.1, 0.15) is 19.3 Å². The fourth-order valence-corrected chi connectivity index (χ4v) is 0.923. The van der Waals surface area contributed by atoms with E-state index in [-0.39, 0.29) is 0 Å². The molecule has 0 fully saturated rings. The molecule has 0 aromatic heterocycles. The number of nitrogens with one attached hydrogen (secondary N) is 1. The molecule has 1 atom stereocenters. The summed E-state index contributed by atoms with van der Waals surface area (Å²) in [5.41, 5.74) is 4.72. The van der Waals surface area contributed by atoms with Crippen LogP contribution in [-0.2, 0) is 14.4 Å². The molecule has 0 aliphatic rings. The SMILES string of the molecule is NC(=O)C[C@H](NC(=O)CCC(F)(F)F)C(=O)O. The van der Waals surface area contributed by atoms with Crippen molar-refractivity contribution in [3.05, 3.63) is 0 Å². The lowest BCUT2D eigenvalue weighted by Gasteiger charge is -2.13. The number of hydrogen-bond acceptors (Lipinski definition) is 3. The van der Waals surface area contributed by atoms with E-state index in [9.17, 15) is 27.6 Å². The Bertz CT molecular complexity index is 316. The minimum atomic E-state index is -4.50. The molecule has 0 aliphatic carbocycles. The zero-order chi connectivity index (χ0) is 13.6. The van der Waals surface area contributed by atoms with Crippen molar-refractivity contribution in [1.29, 1.82) is 0 Å². The van der Waals surface area contributed by atoms with Crippen LogP contribution in [0.15, 0.2) is 0 Å². The van der Waals surface area contributed by atoms with Gasteiger partial charge in [-0.3, -0.25) is 9.59 Å². The predicted octanol–water partition coefficient (Wildman–Crippen LogP) is -0.226. The minimum absolute atomic E-state index is 0.674. The van der Waals surface area contributed by atoms with Crippen molar-refractivity contribution in [2.75, 3.05) is 0 Å². The molecule has 0 saturated carbocycles. The molecule has 6 nitrogen and oxygen atoms in total. The van der Waals surface area contributed by atoms with Gasteiger partial charge in [0.05, 0.1) is 12.8 Å². The van der Waals surface area contributed by atoms with Gasteiger partial charge in [0, 0.05) is 6.42 Å². The summed E-state index contributed by atoms with van der Waals surface area (Å²) >= 11 is 0. The van der Waals surface area contributed by atoms with E-state index in [1.807, 2.05) is 0 Å². The van der Waals surface area contributed by atoms with E-state index in [0.29, 0.717) is 0 Å². The molecule has 0 bridgehead atoms. The van der Waals surface area contributed by atoms with Crippen LogP contribution in [0.5, 0.6) is 0 Å². The Morgan fingerprint density at radius 2 is 1.82 bits per heavy atom. The minimum Gasteiger partial charge on any atom is -0.480 e. The summed E-state index contributed by atoms with van der Waals surface area (Å²) in [6.07, 6.45) is -7.43. The van der Waals surface area contributed by atoms with Crippen LogP contribution >= 0.6 is 0 Å². The van der Waals surface area contributed by atoms with E-state index in [0.717, 1.165) is 0 Å². The molecule has 0 aromatic carbocycles. The van der Waals surface area contributed by atoms with Crippen molar-refractivity contribution >= 4 is 17.8 Å². The highest BCUT2D eigenvalue weighted by Gasteiger charge is 2.29. The number of alkyl halides is 3. The molecule has 0 heterocycles. The monoisotopic (exact) mass is 256 g/mol. The van der Waals surface area contributed by atoms with Crippen LogP contribution in [0, 0.1) is 0 Å². The molecule has 0 unspecified atom stereocenters. The largest absolute Gasteiger partial charge is 0.480 e. The average molecular weight is 256 g/mol. The molecule has 0 radical (unpaired) electrons. The first kappa shape index (κ1) is 15.2. The molecular formula is C8H11F3N2O4. The fourth-order valence-electron chi connectivity index (χ4n) is 0.923. The summed E-state index contributed by atoms with van der Waals surface area (Å²) in [5, 5.41) is 10.3. The van der Waals surface area contributed by atoms with E-state index in [1.54, 1.807) is 5.32 Å². The maximum atomic E-state index is 11.8. The lowest BCUT2D eigenvalue weighted by Crippen LogP contribution is -2.43. The smallest absolute Gasteiger partial charge is 0.389 e. The Balaban J connectivity index is 4.22. The summed E-state index contributed by atoms with van der Waals surface area (Å²) < 4.78 is 35.3. The molecule has 0 spiro atoms. The van der Waals surface area contributed by atoms with Crippen LogP contribution in [0.2, 0.25) is 0 Å². The van der Waals surface area contributed by atoms with Gasteiger partial charge in [-0.15, -0.1) is 0 Å². The number of nitrogens with two attached hydrogens (primary N) is 1. The molecule has 0 rings (SSSR count). The van der Waals surface area contributed by atoms with Crippen molar-refractivity contribution < 1.29 is 32.7 Å². The third kappa shape index (κ3) is 8.05. The quantitative estimate of drug-likeness (QED) is 0.609. The van der Waals surface area contributed by atoms with Crippen LogP contribution in [0.4, 0.5) is 13.2 Å². The van der Waals surface area contributed by atoms with Crippen molar-refractivity contribution in [3.8, 4) is 0 Å². The Hall–Kier alpha value is -1.80. The fraction of sp³-hybridized carbons (Fsp3) is 0.625.